The van der Waals surface area contributed by atoms with Gasteiger partial charge in [0.25, 0.3) is 5.91 Å². The van der Waals surface area contributed by atoms with Gasteiger partial charge in [0.2, 0.25) is 5.91 Å². The summed E-state index contributed by atoms with van der Waals surface area (Å²) in [5, 5.41) is 2.90. The van der Waals surface area contributed by atoms with Crippen molar-refractivity contribution < 1.29 is 9.59 Å². The zero-order chi connectivity index (χ0) is 17.9. The SMILES string of the molecule is O=C(Nc1cccc(N2CCCC2=O)c1)c1cncn1-c1ccccc1. The maximum absolute atomic E-state index is 12.7. The van der Waals surface area contributed by atoms with E-state index >= 15 is 0 Å². The van der Waals surface area contributed by atoms with Gasteiger partial charge in [-0.05, 0) is 36.8 Å². The number of nitrogens with zero attached hydrogens (tertiary/aromatic N) is 3. The largest absolute Gasteiger partial charge is 0.321 e. The topological polar surface area (TPSA) is 67.2 Å². The number of hydrogen-bond acceptors (Lipinski definition) is 3. The molecule has 0 radical (unpaired) electrons. The average molecular weight is 346 g/mol. The van der Waals surface area contributed by atoms with Crippen molar-refractivity contribution in [3.05, 3.63) is 72.8 Å². The Morgan fingerprint density at radius 2 is 1.85 bits per heavy atom. The molecule has 0 aliphatic carbocycles. The second-order valence-corrected chi connectivity index (χ2v) is 6.14. The van der Waals surface area contributed by atoms with Gasteiger partial charge in [-0.15, -0.1) is 0 Å². The van der Waals surface area contributed by atoms with E-state index in [0.717, 1.165) is 24.3 Å². The van der Waals surface area contributed by atoms with E-state index in [0.29, 0.717) is 17.8 Å². The van der Waals surface area contributed by atoms with Crippen LogP contribution in [0.5, 0.6) is 0 Å². The Labute approximate surface area is 151 Å². The molecule has 1 N–H and O–H groups in total. The van der Waals surface area contributed by atoms with Gasteiger partial charge in [0, 0.05) is 30.0 Å². The molecular formula is C20H18N4O2. The van der Waals surface area contributed by atoms with E-state index in [-0.39, 0.29) is 11.8 Å². The molecule has 26 heavy (non-hydrogen) atoms. The Hall–Kier alpha value is -3.41. The summed E-state index contributed by atoms with van der Waals surface area (Å²) in [6.07, 6.45) is 4.60. The maximum atomic E-state index is 12.7. The molecular weight excluding hydrogens is 328 g/mol. The van der Waals surface area contributed by atoms with E-state index in [1.165, 1.54) is 6.20 Å². The minimum Gasteiger partial charge on any atom is -0.321 e. The maximum Gasteiger partial charge on any atom is 0.274 e. The van der Waals surface area contributed by atoms with Crippen LogP contribution in [-0.2, 0) is 4.79 Å². The smallest absolute Gasteiger partial charge is 0.274 e. The Kier molecular flexibility index (Phi) is 4.23. The minimum atomic E-state index is -0.253. The number of carbonyl (C=O) groups excluding carboxylic acids is 2. The molecule has 1 saturated heterocycles. The molecule has 4 rings (SSSR count). The molecule has 0 spiro atoms. The molecule has 2 heterocycles. The number of imidazole rings is 1. The third-order valence-electron chi connectivity index (χ3n) is 4.39. The number of benzene rings is 2. The average Bonchev–Trinajstić information content (AvgIpc) is 3.31. The molecule has 2 amide bonds. The minimum absolute atomic E-state index is 0.121. The number of amides is 2. The van der Waals surface area contributed by atoms with Crippen molar-refractivity contribution in [3.8, 4) is 5.69 Å². The predicted octanol–water partition coefficient (Wildman–Crippen LogP) is 3.25. The van der Waals surface area contributed by atoms with Gasteiger partial charge in [0.1, 0.15) is 5.69 Å². The molecule has 1 aromatic heterocycles. The van der Waals surface area contributed by atoms with Gasteiger partial charge in [0.15, 0.2) is 0 Å². The summed E-state index contributed by atoms with van der Waals surface area (Å²) < 4.78 is 1.74. The van der Waals surface area contributed by atoms with Crippen LogP contribution < -0.4 is 10.2 Å². The Balaban J connectivity index is 1.56. The molecule has 6 heteroatoms. The standard InChI is InChI=1S/C20H18N4O2/c25-19-10-5-11-23(19)17-9-4-6-15(12-17)22-20(26)18-13-21-14-24(18)16-7-2-1-3-8-16/h1-4,6-9,12-14H,5,10-11H2,(H,22,26). The third-order valence-corrected chi connectivity index (χ3v) is 4.39. The fourth-order valence-electron chi connectivity index (χ4n) is 3.13. The number of anilines is 2. The molecule has 2 aromatic carbocycles. The van der Waals surface area contributed by atoms with E-state index in [1.54, 1.807) is 15.8 Å². The highest BCUT2D eigenvalue weighted by Gasteiger charge is 2.22. The molecule has 0 bridgehead atoms. The molecule has 3 aromatic rings. The van der Waals surface area contributed by atoms with Gasteiger partial charge in [-0.25, -0.2) is 4.98 Å². The van der Waals surface area contributed by atoms with Crippen LogP contribution in [0, 0.1) is 0 Å². The van der Waals surface area contributed by atoms with Gasteiger partial charge in [0.05, 0.1) is 12.5 Å². The molecule has 6 nitrogen and oxygen atoms in total. The fraction of sp³-hybridized carbons (Fsp3) is 0.150. The highest BCUT2D eigenvalue weighted by Crippen LogP contribution is 2.24. The summed E-state index contributed by atoms with van der Waals surface area (Å²) in [4.78, 5) is 30.5. The molecule has 1 aliphatic heterocycles. The van der Waals surface area contributed by atoms with Gasteiger partial charge < -0.3 is 10.2 Å². The number of para-hydroxylation sites is 1. The van der Waals surface area contributed by atoms with E-state index in [9.17, 15) is 9.59 Å². The third kappa shape index (κ3) is 3.09. The van der Waals surface area contributed by atoms with Crippen LogP contribution in [0.15, 0.2) is 67.1 Å². The lowest BCUT2D eigenvalue weighted by atomic mass is 10.2. The first kappa shape index (κ1) is 16.1. The summed E-state index contributed by atoms with van der Waals surface area (Å²) in [6, 6.07) is 16.9. The van der Waals surface area contributed by atoms with Crippen molar-refractivity contribution in [1.29, 1.82) is 0 Å². The lowest BCUT2D eigenvalue weighted by molar-refractivity contribution is -0.117. The van der Waals surface area contributed by atoms with E-state index < -0.39 is 0 Å². The van der Waals surface area contributed by atoms with Crippen LogP contribution in [0.2, 0.25) is 0 Å². The first-order valence-corrected chi connectivity index (χ1v) is 8.52. The summed E-state index contributed by atoms with van der Waals surface area (Å²) in [7, 11) is 0. The Morgan fingerprint density at radius 1 is 1.04 bits per heavy atom. The van der Waals surface area contributed by atoms with Crippen LogP contribution in [0.25, 0.3) is 5.69 Å². The highest BCUT2D eigenvalue weighted by molar-refractivity contribution is 6.04. The van der Waals surface area contributed by atoms with Crippen LogP contribution in [0.4, 0.5) is 11.4 Å². The monoisotopic (exact) mass is 346 g/mol. The molecule has 0 saturated carbocycles. The van der Waals surface area contributed by atoms with E-state index in [2.05, 4.69) is 10.3 Å². The van der Waals surface area contributed by atoms with Gasteiger partial charge in [-0.2, -0.15) is 0 Å². The summed E-state index contributed by atoms with van der Waals surface area (Å²) in [5.41, 5.74) is 2.76. The Bertz CT molecular complexity index is 949. The molecule has 1 fully saturated rings. The highest BCUT2D eigenvalue weighted by atomic mass is 16.2. The number of rotatable bonds is 4. The van der Waals surface area contributed by atoms with Crippen molar-refractivity contribution >= 4 is 23.2 Å². The lowest BCUT2D eigenvalue weighted by Gasteiger charge is -2.17. The zero-order valence-electron chi connectivity index (χ0n) is 14.1. The van der Waals surface area contributed by atoms with E-state index in [4.69, 9.17) is 0 Å². The van der Waals surface area contributed by atoms with Gasteiger partial charge >= 0.3 is 0 Å². The predicted molar refractivity (Wildman–Crippen MR) is 99.5 cm³/mol. The second-order valence-electron chi connectivity index (χ2n) is 6.14. The zero-order valence-corrected chi connectivity index (χ0v) is 14.1. The van der Waals surface area contributed by atoms with Crippen molar-refractivity contribution in [3.63, 3.8) is 0 Å². The van der Waals surface area contributed by atoms with Crippen LogP contribution in [0.1, 0.15) is 23.3 Å². The molecule has 0 atom stereocenters. The molecule has 0 unspecified atom stereocenters. The second kappa shape index (κ2) is 6.84. The van der Waals surface area contributed by atoms with Gasteiger partial charge in [-0.3, -0.25) is 14.2 Å². The summed E-state index contributed by atoms with van der Waals surface area (Å²) >= 11 is 0. The summed E-state index contributed by atoms with van der Waals surface area (Å²) in [5.74, 6) is -0.133. The van der Waals surface area contributed by atoms with Crippen molar-refractivity contribution in [1.82, 2.24) is 9.55 Å². The van der Waals surface area contributed by atoms with Crippen molar-refractivity contribution in [2.45, 2.75) is 12.8 Å². The van der Waals surface area contributed by atoms with Crippen molar-refractivity contribution in [2.75, 3.05) is 16.8 Å². The summed E-state index contributed by atoms with van der Waals surface area (Å²) in [6.45, 7) is 0.719. The number of hydrogen-bond donors (Lipinski definition) is 1. The lowest BCUT2D eigenvalue weighted by Crippen LogP contribution is -2.24. The normalized spacial score (nSPS) is 13.8. The fourth-order valence-corrected chi connectivity index (χ4v) is 3.13. The first-order chi connectivity index (χ1) is 12.7. The van der Waals surface area contributed by atoms with Crippen LogP contribution in [-0.4, -0.2) is 27.9 Å². The Morgan fingerprint density at radius 3 is 2.62 bits per heavy atom. The number of carbonyl (C=O) groups is 2. The van der Waals surface area contributed by atoms with Crippen molar-refractivity contribution in [2.24, 2.45) is 0 Å². The number of nitrogens with one attached hydrogen (secondary N) is 1. The van der Waals surface area contributed by atoms with Gasteiger partial charge in [-0.1, -0.05) is 24.3 Å². The molecule has 130 valence electrons. The quantitative estimate of drug-likeness (QED) is 0.788. The van der Waals surface area contributed by atoms with Crippen LogP contribution in [0.3, 0.4) is 0 Å². The van der Waals surface area contributed by atoms with Crippen LogP contribution >= 0.6 is 0 Å². The van der Waals surface area contributed by atoms with E-state index in [1.807, 2.05) is 54.6 Å². The molecule has 1 aliphatic rings. The first-order valence-electron chi connectivity index (χ1n) is 8.52. The number of aromatic nitrogens is 2.